The number of nitrogens with one attached hydrogen (secondary N) is 2. The molecule has 0 aromatic rings. The largest absolute Gasteiger partial charge is 0.380 e. The van der Waals surface area contributed by atoms with Gasteiger partial charge in [0.1, 0.15) is 0 Å². The minimum Gasteiger partial charge on any atom is -0.380 e. The van der Waals surface area contributed by atoms with Crippen LogP contribution >= 0.6 is 35.3 Å². The van der Waals surface area contributed by atoms with E-state index in [1.807, 2.05) is 0 Å². The summed E-state index contributed by atoms with van der Waals surface area (Å²) in [5.41, 5.74) is 0. The number of carbonyl (C=O) groups is 2. The molecule has 1 aliphatic heterocycles. The molecular weight excluding hydrogens is 316 g/mol. The van der Waals surface area contributed by atoms with Crippen molar-refractivity contribution in [2.45, 2.75) is 0 Å². The highest BCUT2D eigenvalue weighted by Crippen LogP contribution is 2.03. The fourth-order valence-electron chi connectivity index (χ4n) is 1.40. The van der Waals surface area contributed by atoms with Gasteiger partial charge in [0.05, 0.1) is 24.7 Å². The molecule has 1 heterocycles. The van der Waals surface area contributed by atoms with Gasteiger partial charge in [0, 0.05) is 36.1 Å². The van der Waals surface area contributed by atoms with Crippen LogP contribution in [0.15, 0.2) is 0 Å². The highest BCUT2D eigenvalue weighted by Gasteiger charge is 2.03. The molecule has 0 bridgehead atoms. The average molecular weight is 339 g/mol. The summed E-state index contributed by atoms with van der Waals surface area (Å²) < 4.78 is 5.44. The molecule has 1 aliphatic rings. The van der Waals surface area contributed by atoms with Crippen LogP contribution in [0.1, 0.15) is 0 Å². The zero-order chi connectivity index (χ0) is 14.5. The molecule has 2 amide bonds. The van der Waals surface area contributed by atoms with E-state index in [1.165, 1.54) is 0 Å². The number of hydrogen-bond donors (Lipinski definition) is 2. The lowest BCUT2D eigenvalue weighted by molar-refractivity contribution is -0.119. The van der Waals surface area contributed by atoms with E-state index in [9.17, 15) is 9.59 Å². The average Bonchev–Trinajstić information content (AvgIpc) is 2.43. The van der Waals surface area contributed by atoms with Crippen molar-refractivity contribution in [1.29, 1.82) is 0 Å². The number of thioether (sulfide) groups is 3. The molecule has 1 saturated heterocycles. The first-order valence-corrected chi connectivity index (χ1v) is 10.1. The molecule has 1 fully saturated rings. The van der Waals surface area contributed by atoms with E-state index in [4.69, 9.17) is 4.74 Å². The van der Waals surface area contributed by atoms with E-state index in [2.05, 4.69) is 10.6 Å². The van der Waals surface area contributed by atoms with Gasteiger partial charge < -0.3 is 15.4 Å². The normalized spacial score (nSPS) is 22.2. The van der Waals surface area contributed by atoms with Gasteiger partial charge in [-0.05, 0) is 0 Å². The summed E-state index contributed by atoms with van der Waals surface area (Å²) in [5.74, 6) is 4.58. The maximum absolute atomic E-state index is 11.5. The zero-order valence-electron chi connectivity index (χ0n) is 11.5. The van der Waals surface area contributed by atoms with Crippen LogP contribution in [0.4, 0.5) is 0 Å². The minimum absolute atomic E-state index is 0.0839. The van der Waals surface area contributed by atoms with Crippen LogP contribution in [-0.2, 0) is 14.3 Å². The molecule has 20 heavy (non-hydrogen) atoms. The first kappa shape index (κ1) is 18.0. The Kier molecular flexibility index (Phi) is 11.4. The van der Waals surface area contributed by atoms with Crippen LogP contribution in [0, 0.1) is 0 Å². The molecule has 8 heteroatoms. The third-order valence-corrected chi connectivity index (χ3v) is 5.18. The predicted molar refractivity (Wildman–Crippen MR) is 88.8 cm³/mol. The van der Waals surface area contributed by atoms with Crippen LogP contribution in [0.25, 0.3) is 0 Å². The number of rotatable bonds is 0. The van der Waals surface area contributed by atoms with Crippen LogP contribution in [0.3, 0.4) is 0 Å². The van der Waals surface area contributed by atoms with Crippen molar-refractivity contribution in [3.8, 4) is 0 Å². The Morgan fingerprint density at radius 1 is 0.750 bits per heavy atom. The van der Waals surface area contributed by atoms with Crippen molar-refractivity contribution >= 4 is 47.1 Å². The molecule has 0 saturated carbocycles. The van der Waals surface area contributed by atoms with Crippen LogP contribution in [0.5, 0.6) is 0 Å². The lowest BCUT2D eigenvalue weighted by atomic mass is 10.6. The maximum Gasteiger partial charge on any atom is 0.230 e. The third kappa shape index (κ3) is 10.7. The van der Waals surface area contributed by atoms with Crippen molar-refractivity contribution < 1.29 is 14.3 Å². The Hall–Kier alpha value is -0.0500. The van der Waals surface area contributed by atoms with Gasteiger partial charge >= 0.3 is 0 Å². The standard InChI is InChI=1S/C12H22N2O3S3/c15-11-9-19-7-3-17-4-8-20-10-12(16)14-2-6-18-5-1-13-11/h1-10H2,(H,13,15)(H,14,16). The number of hydrogen-bond acceptors (Lipinski definition) is 6. The van der Waals surface area contributed by atoms with E-state index in [0.717, 1.165) is 23.0 Å². The van der Waals surface area contributed by atoms with Gasteiger partial charge in [-0.1, -0.05) is 0 Å². The van der Waals surface area contributed by atoms with Gasteiger partial charge in [-0.15, -0.1) is 23.5 Å². The van der Waals surface area contributed by atoms with Gasteiger partial charge in [0.15, 0.2) is 0 Å². The van der Waals surface area contributed by atoms with E-state index in [1.54, 1.807) is 35.3 Å². The second kappa shape index (κ2) is 12.7. The lowest BCUT2D eigenvalue weighted by Crippen LogP contribution is -2.29. The first-order chi connectivity index (χ1) is 9.79. The molecule has 1 rings (SSSR count). The summed E-state index contributed by atoms with van der Waals surface area (Å²) in [4.78, 5) is 23.0. The molecular formula is C12H22N2O3S3. The predicted octanol–water partition coefficient (Wildman–Crippen LogP) is 0.449. The van der Waals surface area contributed by atoms with E-state index < -0.39 is 0 Å². The summed E-state index contributed by atoms with van der Waals surface area (Å²) in [6.45, 7) is 2.68. The van der Waals surface area contributed by atoms with Crippen LogP contribution in [0.2, 0.25) is 0 Å². The summed E-state index contributed by atoms with van der Waals surface area (Å²) in [6.07, 6.45) is 0. The fourth-order valence-corrected chi connectivity index (χ4v) is 3.43. The molecule has 116 valence electrons. The number of amides is 2. The SMILES string of the molecule is O=C1CSCCOCCSCC(=O)NCCSCCN1. The topological polar surface area (TPSA) is 67.4 Å². The molecule has 0 atom stereocenters. The van der Waals surface area contributed by atoms with Gasteiger partial charge in [-0.3, -0.25) is 9.59 Å². The van der Waals surface area contributed by atoms with E-state index in [-0.39, 0.29) is 11.8 Å². The van der Waals surface area contributed by atoms with Gasteiger partial charge in [-0.2, -0.15) is 11.8 Å². The van der Waals surface area contributed by atoms with E-state index >= 15 is 0 Å². The molecule has 2 N–H and O–H groups in total. The Bertz CT molecular complexity index is 267. The Labute approximate surface area is 133 Å². The molecule has 0 aromatic carbocycles. The summed E-state index contributed by atoms with van der Waals surface area (Å²) in [5, 5.41) is 5.77. The van der Waals surface area contributed by atoms with Gasteiger partial charge in [0.25, 0.3) is 0 Å². The Balaban J connectivity index is 2.19. The van der Waals surface area contributed by atoms with E-state index in [0.29, 0.717) is 37.8 Å². The second-order valence-corrected chi connectivity index (χ2v) is 7.46. The highest BCUT2D eigenvalue weighted by atomic mass is 32.2. The quantitative estimate of drug-likeness (QED) is 0.668. The first-order valence-electron chi connectivity index (χ1n) is 6.63. The zero-order valence-corrected chi connectivity index (χ0v) is 14.0. The van der Waals surface area contributed by atoms with Crippen molar-refractivity contribution in [2.75, 3.05) is 60.8 Å². The van der Waals surface area contributed by atoms with Crippen molar-refractivity contribution in [3.05, 3.63) is 0 Å². The van der Waals surface area contributed by atoms with Gasteiger partial charge in [-0.25, -0.2) is 0 Å². The van der Waals surface area contributed by atoms with Crippen molar-refractivity contribution in [1.82, 2.24) is 10.6 Å². The summed E-state index contributed by atoms with van der Waals surface area (Å²) in [7, 11) is 0. The summed E-state index contributed by atoms with van der Waals surface area (Å²) >= 11 is 4.92. The summed E-state index contributed by atoms with van der Waals surface area (Å²) in [6, 6.07) is 0. The Morgan fingerprint density at radius 2 is 1.25 bits per heavy atom. The molecule has 0 aromatic heterocycles. The number of carbonyl (C=O) groups excluding carboxylic acids is 2. The smallest absolute Gasteiger partial charge is 0.230 e. The number of ether oxygens (including phenoxy) is 1. The van der Waals surface area contributed by atoms with Crippen LogP contribution < -0.4 is 10.6 Å². The molecule has 0 radical (unpaired) electrons. The second-order valence-electron chi connectivity index (χ2n) is 4.03. The lowest BCUT2D eigenvalue weighted by Gasteiger charge is -2.08. The van der Waals surface area contributed by atoms with Crippen molar-refractivity contribution in [3.63, 3.8) is 0 Å². The monoisotopic (exact) mass is 338 g/mol. The minimum atomic E-state index is 0.0839. The molecule has 0 aliphatic carbocycles. The fraction of sp³-hybridized carbons (Fsp3) is 0.833. The maximum atomic E-state index is 11.5. The van der Waals surface area contributed by atoms with Gasteiger partial charge in [0.2, 0.25) is 11.8 Å². The van der Waals surface area contributed by atoms with Crippen molar-refractivity contribution in [2.24, 2.45) is 0 Å². The molecule has 0 spiro atoms. The van der Waals surface area contributed by atoms with Crippen LogP contribution in [-0.4, -0.2) is 72.6 Å². The Morgan fingerprint density at radius 3 is 1.75 bits per heavy atom. The molecule has 5 nitrogen and oxygen atoms in total. The highest BCUT2D eigenvalue weighted by molar-refractivity contribution is 8.00. The third-order valence-electron chi connectivity index (χ3n) is 2.35. The molecule has 0 unspecified atom stereocenters.